The van der Waals surface area contributed by atoms with Gasteiger partial charge in [-0.2, -0.15) is 0 Å². The van der Waals surface area contributed by atoms with E-state index >= 15 is 0 Å². The van der Waals surface area contributed by atoms with Crippen molar-refractivity contribution in [1.82, 2.24) is 0 Å². The van der Waals surface area contributed by atoms with Crippen LogP contribution in [0, 0.1) is 5.41 Å². The van der Waals surface area contributed by atoms with E-state index in [1.165, 1.54) is 6.92 Å². The third kappa shape index (κ3) is 2.05. The Morgan fingerprint density at radius 3 is 2.92 bits per heavy atom. The van der Waals surface area contributed by atoms with Gasteiger partial charge in [-0.1, -0.05) is 18.7 Å². The van der Waals surface area contributed by atoms with Gasteiger partial charge in [-0.15, -0.1) is 0 Å². The van der Waals surface area contributed by atoms with E-state index < -0.39 is 17.1 Å². The SMILES string of the molecule is C=C[C@]12CC[C@@H]3c4cc(OC)ccc4C[C@H](OC(C)=O)[C@@]3(CO1)C2=O. The quantitative estimate of drug-likeness (QED) is 0.624. The smallest absolute Gasteiger partial charge is 0.302 e. The van der Waals surface area contributed by atoms with E-state index in [2.05, 4.69) is 6.58 Å². The third-order valence-corrected chi connectivity index (χ3v) is 6.15. The van der Waals surface area contributed by atoms with Crippen LogP contribution < -0.4 is 4.74 Å². The number of hydrogen-bond acceptors (Lipinski definition) is 5. The summed E-state index contributed by atoms with van der Waals surface area (Å²) in [4.78, 5) is 25.1. The molecule has 25 heavy (non-hydrogen) atoms. The van der Waals surface area contributed by atoms with E-state index in [9.17, 15) is 9.59 Å². The van der Waals surface area contributed by atoms with Crippen LogP contribution in [0.2, 0.25) is 0 Å². The number of Topliss-reactive ketones (excluding diaryl/α,β-unsaturated/α-hetero) is 1. The number of methoxy groups -OCH3 is 1. The van der Waals surface area contributed by atoms with Crippen molar-refractivity contribution in [3.8, 4) is 5.75 Å². The van der Waals surface area contributed by atoms with Crippen LogP contribution in [0.15, 0.2) is 30.9 Å². The average molecular weight is 342 g/mol. The summed E-state index contributed by atoms with van der Waals surface area (Å²) in [6, 6.07) is 5.93. The number of carbonyl (C=O) groups is 2. The number of rotatable bonds is 3. The Balaban J connectivity index is 1.88. The average Bonchev–Trinajstić information content (AvgIpc) is 2.78. The van der Waals surface area contributed by atoms with Gasteiger partial charge in [0.05, 0.1) is 19.1 Å². The summed E-state index contributed by atoms with van der Waals surface area (Å²) in [5.74, 6) is 0.362. The molecule has 0 unspecified atom stereocenters. The summed E-state index contributed by atoms with van der Waals surface area (Å²) < 4.78 is 17.0. The highest BCUT2D eigenvalue weighted by Gasteiger charge is 2.68. The lowest BCUT2D eigenvalue weighted by Gasteiger charge is -2.48. The summed E-state index contributed by atoms with van der Waals surface area (Å²) in [6.45, 7) is 5.47. The first kappa shape index (κ1) is 16.3. The standard InChI is InChI=1S/C20H22O5/c1-4-19-8-7-16-15-10-14(23-3)6-5-13(15)9-17(25-12(2)21)20(16,11-24-19)18(19)22/h4-6,10,16-17H,1,7-9,11H2,2-3H3/t16-,17+,19-,20+/m1/s1. The minimum Gasteiger partial charge on any atom is -0.497 e. The normalized spacial score (nSPS) is 35.5. The van der Waals surface area contributed by atoms with Gasteiger partial charge in [0.1, 0.15) is 17.5 Å². The van der Waals surface area contributed by atoms with E-state index in [1.54, 1.807) is 13.2 Å². The van der Waals surface area contributed by atoms with Crippen molar-refractivity contribution in [2.24, 2.45) is 5.41 Å². The van der Waals surface area contributed by atoms with E-state index in [0.717, 1.165) is 23.3 Å². The minimum absolute atomic E-state index is 0.00553. The number of fused-ring (bicyclic) bond motifs is 3. The molecular weight excluding hydrogens is 320 g/mol. The van der Waals surface area contributed by atoms with Gasteiger partial charge < -0.3 is 14.2 Å². The van der Waals surface area contributed by atoms with Crippen LogP contribution in [-0.2, 0) is 25.5 Å². The molecule has 5 nitrogen and oxygen atoms in total. The molecule has 2 bridgehead atoms. The molecular formula is C20H22O5. The molecule has 4 rings (SSSR count). The predicted octanol–water partition coefficient (Wildman–Crippen LogP) is 2.57. The van der Waals surface area contributed by atoms with Crippen LogP contribution in [0.4, 0.5) is 0 Å². The molecule has 0 aromatic heterocycles. The van der Waals surface area contributed by atoms with E-state index in [-0.39, 0.29) is 24.3 Å². The zero-order valence-corrected chi connectivity index (χ0v) is 14.5. The molecule has 1 aromatic rings. The Kier molecular flexibility index (Phi) is 3.55. The molecule has 0 amide bonds. The van der Waals surface area contributed by atoms with Crippen LogP contribution in [-0.4, -0.2) is 37.2 Å². The molecule has 1 aromatic carbocycles. The lowest BCUT2D eigenvalue weighted by molar-refractivity contribution is -0.161. The number of esters is 1. The highest BCUT2D eigenvalue weighted by molar-refractivity contribution is 5.99. The minimum atomic E-state index is -0.939. The summed E-state index contributed by atoms with van der Waals surface area (Å²) in [7, 11) is 1.63. The fraction of sp³-hybridized carbons (Fsp3) is 0.500. The maximum Gasteiger partial charge on any atom is 0.302 e. The molecule has 1 spiro atoms. The van der Waals surface area contributed by atoms with Crippen molar-refractivity contribution in [2.45, 2.75) is 43.8 Å². The van der Waals surface area contributed by atoms with Gasteiger partial charge in [0.15, 0.2) is 5.78 Å². The first-order chi connectivity index (χ1) is 12.0. The second-order valence-electron chi connectivity index (χ2n) is 7.21. The van der Waals surface area contributed by atoms with E-state index in [0.29, 0.717) is 12.8 Å². The zero-order chi connectivity index (χ0) is 17.8. The van der Waals surface area contributed by atoms with Gasteiger partial charge >= 0.3 is 5.97 Å². The van der Waals surface area contributed by atoms with Crippen LogP contribution in [0.5, 0.6) is 5.75 Å². The summed E-state index contributed by atoms with van der Waals surface area (Å²) in [5, 5.41) is 0. The molecule has 1 heterocycles. The van der Waals surface area contributed by atoms with Gasteiger partial charge in [-0.25, -0.2) is 0 Å². The maximum atomic E-state index is 13.4. The van der Waals surface area contributed by atoms with Crippen molar-refractivity contribution in [2.75, 3.05) is 13.7 Å². The Bertz CT molecular complexity index is 769. The molecule has 4 atom stereocenters. The van der Waals surface area contributed by atoms with Crippen LogP contribution in [0.3, 0.4) is 0 Å². The van der Waals surface area contributed by atoms with Crippen LogP contribution in [0.1, 0.15) is 36.8 Å². The molecule has 0 radical (unpaired) electrons. The van der Waals surface area contributed by atoms with Crippen molar-refractivity contribution < 1.29 is 23.8 Å². The highest BCUT2D eigenvalue weighted by atomic mass is 16.6. The molecule has 1 aliphatic heterocycles. The van der Waals surface area contributed by atoms with Gasteiger partial charge in [-0.05, 0) is 36.1 Å². The Morgan fingerprint density at radius 2 is 2.24 bits per heavy atom. The van der Waals surface area contributed by atoms with Gasteiger partial charge in [-0.3, -0.25) is 9.59 Å². The molecule has 1 saturated heterocycles. The third-order valence-electron chi connectivity index (χ3n) is 6.15. The first-order valence-electron chi connectivity index (χ1n) is 8.63. The van der Waals surface area contributed by atoms with Crippen molar-refractivity contribution in [3.63, 3.8) is 0 Å². The van der Waals surface area contributed by atoms with Crippen LogP contribution >= 0.6 is 0 Å². The Hall–Kier alpha value is -2.14. The highest BCUT2D eigenvalue weighted by Crippen LogP contribution is 2.60. The molecule has 1 saturated carbocycles. The number of carbonyl (C=O) groups excluding carboxylic acids is 2. The number of ketones is 1. The number of ether oxygens (including phenoxy) is 3. The van der Waals surface area contributed by atoms with E-state index in [1.807, 2.05) is 18.2 Å². The summed E-state index contributed by atoms with van der Waals surface area (Å²) in [5.41, 5.74) is 0.440. The Morgan fingerprint density at radius 1 is 1.44 bits per heavy atom. The zero-order valence-electron chi connectivity index (χ0n) is 14.5. The van der Waals surface area contributed by atoms with Crippen LogP contribution in [0.25, 0.3) is 0 Å². The summed E-state index contributed by atoms with van der Waals surface area (Å²) >= 11 is 0. The molecule has 0 N–H and O–H groups in total. The fourth-order valence-electron chi connectivity index (χ4n) is 4.92. The Labute approximate surface area is 146 Å². The largest absolute Gasteiger partial charge is 0.497 e. The topological polar surface area (TPSA) is 61.8 Å². The lowest BCUT2D eigenvalue weighted by Crippen LogP contribution is -2.57. The predicted molar refractivity (Wildman–Crippen MR) is 90.5 cm³/mol. The molecule has 2 fully saturated rings. The molecule has 5 heteroatoms. The molecule has 3 aliphatic rings. The van der Waals surface area contributed by atoms with Crippen molar-refractivity contribution in [3.05, 3.63) is 42.0 Å². The number of hydrogen-bond donors (Lipinski definition) is 0. The molecule has 132 valence electrons. The van der Waals surface area contributed by atoms with Gasteiger partial charge in [0.25, 0.3) is 0 Å². The lowest BCUT2D eigenvalue weighted by atomic mass is 9.54. The summed E-state index contributed by atoms with van der Waals surface area (Å²) in [6.07, 6.45) is 3.01. The van der Waals surface area contributed by atoms with Crippen molar-refractivity contribution >= 4 is 11.8 Å². The first-order valence-corrected chi connectivity index (χ1v) is 8.63. The maximum absolute atomic E-state index is 13.4. The van der Waals surface area contributed by atoms with Gasteiger partial charge in [0, 0.05) is 19.3 Å². The van der Waals surface area contributed by atoms with E-state index in [4.69, 9.17) is 14.2 Å². The number of benzene rings is 1. The van der Waals surface area contributed by atoms with Gasteiger partial charge in [0.2, 0.25) is 0 Å². The second-order valence-corrected chi connectivity index (χ2v) is 7.21. The monoisotopic (exact) mass is 342 g/mol. The molecule has 2 aliphatic carbocycles. The van der Waals surface area contributed by atoms with Crippen molar-refractivity contribution in [1.29, 1.82) is 0 Å². The fourth-order valence-corrected chi connectivity index (χ4v) is 4.92. The second kappa shape index (κ2) is 5.43.